The topological polar surface area (TPSA) is 36.9 Å². The minimum absolute atomic E-state index is 0.363. The molecular weight excluding hydrogens is 230 g/mol. The lowest BCUT2D eigenvalue weighted by Crippen LogP contribution is -1.73. The van der Waals surface area contributed by atoms with E-state index in [2.05, 4.69) is 15.9 Å². The lowest BCUT2D eigenvalue weighted by molar-refractivity contribution is 0.599. The number of alkyl halides is 1. The number of rotatable bonds is 1. The van der Waals surface area contributed by atoms with Crippen LogP contribution in [0.2, 0.25) is 0 Å². The van der Waals surface area contributed by atoms with E-state index in [9.17, 15) is 0 Å². The summed E-state index contributed by atoms with van der Waals surface area (Å²) < 4.78 is 5.28. The Morgan fingerprint density at radius 2 is 2.23 bits per heavy atom. The van der Waals surface area contributed by atoms with Crippen LogP contribution in [-0.2, 0) is 5.33 Å². The van der Waals surface area contributed by atoms with E-state index in [0.29, 0.717) is 5.76 Å². The number of fused-ring (bicyclic) bond motifs is 1. The van der Waals surface area contributed by atoms with Crippen molar-refractivity contribution in [2.45, 2.75) is 5.33 Å². The van der Waals surface area contributed by atoms with Gasteiger partial charge in [0.2, 0.25) is 5.76 Å². The van der Waals surface area contributed by atoms with Gasteiger partial charge in [-0.25, -0.2) is 0 Å². The Labute approximate surface area is 83.9 Å². The summed E-state index contributed by atoms with van der Waals surface area (Å²) in [5, 5.41) is 10.4. The molecule has 13 heavy (non-hydrogen) atoms. The van der Waals surface area contributed by atoms with Gasteiger partial charge in [0.25, 0.3) is 0 Å². The zero-order valence-corrected chi connectivity index (χ0v) is 8.34. The standard InChI is InChI=1S/C10H6BrNO/c11-5-7-1-2-8-4-9(6-12)13-10(8)3-7/h1-4H,5H2. The normalized spacial score (nSPS) is 10.2. The van der Waals surface area contributed by atoms with Gasteiger partial charge in [-0.1, -0.05) is 28.1 Å². The molecule has 1 aromatic heterocycles. The maximum atomic E-state index is 8.61. The average Bonchev–Trinajstić information content (AvgIpc) is 2.58. The van der Waals surface area contributed by atoms with Crippen molar-refractivity contribution in [1.29, 1.82) is 5.26 Å². The summed E-state index contributed by atoms with van der Waals surface area (Å²) in [5.41, 5.74) is 1.92. The van der Waals surface area contributed by atoms with Gasteiger partial charge in [0.1, 0.15) is 11.7 Å². The Hall–Kier alpha value is -1.27. The highest BCUT2D eigenvalue weighted by atomic mass is 79.9. The van der Waals surface area contributed by atoms with Crippen LogP contribution in [-0.4, -0.2) is 0 Å². The Kier molecular flexibility index (Phi) is 2.07. The minimum Gasteiger partial charge on any atom is -0.446 e. The number of nitriles is 1. The molecule has 0 unspecified atom stereocenters. The van der Waals surface area contributed by atoms with E-state index in [1.165, 1.54) is 0 Å². The Balaban J connectivity index is 2.65. The second-order valence-electron chi connectivity index (χ2n) is 2.73. The van der Waals surface area contributed by atoms with Gasteiger partial charge in [0.05, 0.1) is 0 Å². The van der Waals surface area contributed by atoms with Crippen LogP contribution in [0.5, 0.6) is 0 Å². The number of furan rings is 1. The van der Waals surface area contributed by atoms with Gasteiger partial charge in [0.15, 0.2) is 0 Å². The van der Waals surface area contributed by atoms with Gasteiger partial charge in [-0.2, -0.15) is 5.26 Å². The zero-order chi connectivity index (χ0) is 9.26. The fraction of sp³-hybridized carbons (Fsp3) is 0.100. The third kappa shape index (κ3) is 1.45. The number of hydrogen-bond acceptors (Lipinski definition) is 2. The molecule has 3 heteroatoms. The molecule has 0 fully saturated rings. The smallest absolute Gasteiger partial charge is 0.204 e. The molecule has 2 nitrogen and oxygen atoms in total. The van der Waals surface area contributed by atoms with Crippen LogP contribution in [0.25, 0.3) is 11.0 Å². The van der Waals surface area contributed by atoms with E-state index >= 15 is 0 Å². The summed E-state index contributed by atoms with van der Waals surface area (Å²) in [7, 11) is 0. The fourth-order valence-electron chi connectivity index (χ4n) is 1.21. The summed E-state index contributed by atoms with van der Waals surface area (Å²) in [4.78, 5) is 0. The maximum Gasteiger partial charge on any atom is 0.204 e. The first-order chi connectivity index (χ1) is 6.33. The van der Waals surface area contributed by atoms with E-state index < -0.39 is 0 Å². The van der Waals surface area contributed by atoms with Crippen molar-refractivity contribution in [3.8, 4) is 6.07 Å². The lowest BCUT2D eigenvalue weighted by atomic mass is 10.2. The van der Waals surface area contributed by atoms with Gasteiger partial charge in [-0.3, -0.25) is 0 Å². The summed E-state index contributed by atoms with van der Waals surface area (Å²) in [6.07, 6.45) is 0. The van der Waals surface area contributed by atoms with E-state index in [-0.39, 0.29) is 0 Å². The number of halogens is 1. The molecule has 1 aromatic carbocycles. The summed E-state index contributed by atoms with van der Waals surface area (Å²) in [5.74, 6) is 0.363. The summed E-state index contributed by atoms with van der Waals surface area (Å²) in [6, 6.07) is 9.62. The minimum atomic E-state index is 0.363. The highest BCUT2D eigenvalue weighted by molar-refractivity contribution is 9.08. The third-order valence-corrected chi connectivity index (χ3v) is 2.50. The first-order valence-corrected chi connectivity index (χ1v) is 4.94. The zero-order valence-electron chi connectivity index (χ0n) is 6.75. The van der Waals surface area contributed by atoms with Gasteiger partial charge in [0, 0.05) is 16.8 Å². The van der Waals surface area contributed by atoms with Gasteiger partial charge in [-0.15, -0.1) is 0 Å². The molecule has 0 amide bonds. The van der Waals surface area contributed by atoms with Gasteiger partial charge >= 0.3 is 0 Å². The van der Waals surface area contributed by atoms with Crippen molar-refractivity contribution >= 4 is 26.9 Å². The molecule has 64 valence electrons. The molecule has 0 bridgehead atoms. The molecule has 0 atom stereocenters. The van der Waals surface area contributed by atoms with E-state index in [4.69, 9.17) is 9.68 Å². The van der Waals surface area contributed by atoms with Crippen LogP contribution in [0.1, 0.15) is 11.3 Å². The highest BCUT2D eigenvalue weighted by Crippen LogP contribution is 2.21. The molecule has 0 spiro atoms. The molecule has 0 N–H and O–H groups in total. The van der Waals surface area contributed by atoms with Crippen LogP contribution >= 0.6 is 15.9 Å². The molecule has 0 aliphatic carbocycles. The Bertz CT molecular complexity index is 481. The van der Waals surface area contributed by atoms with Crippen LogP contribution < -0.4 is 0 Å². The predicted octanol–water partition coefficient (Wildman–Crippen LogP) is 3.20. The second-order valence-corrected chi connectivity index (χ2v) is 3.29. The van der Waals surface area contributed by atoms with Crippen LogP contribution in [0.15, 0.2) is 28.7 Å². The van der Waals surface area contributed by atoms with Gasteiger partial charge < -0.3 is 4.42 Å². The number of benzene rings is 1. The lowest BCUT2D eigenvalue weighted by Gasteiger charge is -1.92. The maximum absolute atomic E-state index is 8.61. The van der Waals surface area contributed by atoms with Crippen LogP contribution in [0.4, 0.5) is 0 Å². The highest BCUT2D eigenvalue weighted by Gasteiger charge is 2.02. The van der Waals surface area contributed by atoms with E-state index in [1.54, 1.807) is 6.07 Å². The van der Waals surface area contributed by atoms with Crippen molar-refractivity contribution in [2.75, 3.05) is 0 Å². The largest absolute Gasteiger partial charge is 0.446 e. The molecule has 1 heterocycles. The molecular formula is C10H6BrNO. The van der Waals surface area contributed by atoms with Gasteiger partial charge in [-0.05, 0) is 11.6 Å². The molecule has 2 rings (SSSR count). The molecule has 0 aliphatic heterocycles. The second kappa shape index (κ2) is 3.23. The SMILES string of the molecule is N#Cc1cc2ccc(CBr)cc2o1. The van der Waals surface area contributed by atoms with Crippen LogP contribution in [0.3, 0.4) is 0 Å². The van der Waals surface area contributed by atoms with Crippen molar-refractivity contribution in [3.05, 3.63) is 35.6 Å². The Morgan fingerprint density at radius 1 is 1.38 bits per heavy atom. The third-order valence-electron chi connectivity index (χ3n) is 1.85. The summed E-state index contributed by atoms with van der Waals surface area (Å²) >= 11 is 3.36. The molecule has 0 saturated carbocycles. The van der Waals surface area contributed by atoms with Crippen molar-refractivity contribution < 1.29 is 4.42 Å². The average molecular weight is 236 g/mol. The molecule has 0 radical (unpaired) electrons. The van der Waals surface area contributed by atoms with E-state index in [0.717, 1.165) is 21.9 Å². The fourth-order valence-corrected chi connectivity index (χ4v) is 1.56. The first-order valence-electron chi connectivity index (χ1n) is 3.82. The van der Waals surface area contributed by atoms with Crippen molar-refractivity contribution in [1.82, 2.24) is 0 Å². The predicted molar refractivity (Wildman–Crippen MR) is 53.6 cm³/mol. The first kappa shape index (κ1) is 8.33. The number of hydrogen-bond donors (Lipinski definition) is 0. The van der Waals surface area contributed by atoms with Crippen LogP contribution in [0, 0.1) is 11.3 Å². The molecule has 0 aliphatic rings. The summed E-state index contributed by atoms with van der Waals surface area (Å²) in [6.45, 7) is 0. The molecule has 0 saturated heterocycles. The monoisotopic (exact) mass is 235 g/mol. The van der Waals surface area contributed by atoms with Crippen molar-refractivity contribution in [3.63, 3.8) is 0 Å². The van der Waals surface area contributed by atoms with Crippen molar-refractivity contribution in [2.24, 2.45) is 0 Å². The Morgan fingerprint density at radius 3 is 2.92 bits per heavy atom. The quantitative estimate of drug-likeness (QED) is 0.713. The molecule has 2 aromatic rings. The number of nitrogens with zero attached hydrogens (tertiary/aromatic N) is 1. The van der Waals surface area contributed by atoms with E-state index in [1.807, 2.05) is 24.3 Å².